The Labute approximate surface area is 107 Å². The molecular weight excluding hydrogens is 230 g/mol. The van der Waals surface area contributed by atoms with Crippen LogP contribution in [-0.4, -0.2) is 29.8 Å². The fraction of sp³-hybridized carbons (Fsp3) is 0.538. The Morgan fingerprint density at radius 1 is 1.67 bits per heavy atom. The van der Waals surface area contributed by atoms with Gasteiger partial charge in [-0.2, -0.15) is 0 Å². The van der Waals surface area contributed by atoms with Crippen LogP contribution in [0.4, 0.5) is 4.79 Å². The summed E-state index contributed by atoms with van der Waals surface area (Å²) in [5.74, 6) is 0. The van der Waals surface area contributed by atoms with Gasteiger partial charge in [-0.1, -0.05) is 6.07 Å². The van der Waals surface area contributed by atoms with Gasteiger partial charge in [-0.05, 0) is 31.4 Å². The number of ether oxygens (including phenoxy) is 1. The van der Waals surface area contributed by atoms with Crippen molar-refractivity contribution >= 4 is 6.03 Å². The number of nitrogens with one attached hydrogen (secondary N) is 2. The average molecular weight is 249 g/mol. The van der Waals surface area contributed by atoms with Crippen molar-refractivity contribution in [3.63, 3.8) is 0 Å². The molecule has 5 heteroatoms. The fourth-order valence-corrected chi connectivity index (χ4v) is 2.03. The number of carbonyl (C=O) groups excluding carboxylic acids is 1. The summed E-state index contributed by atoms with van der Waals surface area (Å²) in [5, 5.41) is 5.70. The Bertz CT molecular complexity index is 377. The van der Waals surface area contributed by atoms with Crippen LogP contribution in [-0.2, 0) is 11.3 Å². The monoisotopic (exact) mass is 249 g/mol. The van der Waals surface area contributed by atoms with Gasteiger partial charge in [-0.25, -0.2) is 4.79 Å². The van der Waals surface area contributed by atoms with E-state index < -0.39 is 0 Å². The number of carbonyl (C=O) groups is 1. The second-order valence-corrected chi connectivity index (χ2v) is 4.53. The lowest BCUT2D eigenvalue weighted by Crippen LogP contribution is -2.45. The van der Waals surface area contributed by atoms with Crippen molar-refractivity contribution in [2.75, 3.05) is 6.61 Å². The van der Waals surface area contributed by atoms with Crippen molar-refractivity contribution in [2.24, 2.45) is 0 Å². The van der Waals surface area contributed by atoms with Gasteiger partial charge in [-0.3, -0.25) is 4.98 Å². The average Bonchev–Trinajstić information content (AvgIpc) is 2.91. The van der Waals surface area contributed by atoms with Crippen LogP contribution in [0.3, 0.4) is 0 Å². The highest BCUT2D eigenvalue weighted by atomic mass is 16.5. The molecule has 2 amide bonds. The number of hydrogen-bond acceptors (Lipinski definition) is 3. The van der Waals surface area contributed by atoms with Gasteiger partial charge in [0.2, 0.25) is 0 Å². The smallest absolute Gasteiger partial charge is 0.315 e. The summed E-state index contributed by atoms with van der Waals surface area (Å²) >= 11 is 0. The minimum Gasteiger partial charge on any atom is -0.376 e. The molecule has 98 valence electrons. The van der Waals surface area contributed by atoms with Crippen molar-refractivity contribution in [1.29, 1.82) is 0 Å². The van der Waals surface area contributed by atoms with Gasteiger partial charge < -0.3 is 15.4 Å². The van der Waals surface area contributed by atoms with E-state index in [2.05, 4.69) is 15.6 Å². The maximum absolute atomic E-state index is 11.7. The van der Waals surface area contributed by atoms with E-state index in [1.165, 1.54) is 0 Å². The van der Waals surface area contributed by atoms with Gasteiger partial charge in [0, 0.05) is 25.5 Å². The van der Waals surface area contributed by atoms with E-state index in [4.69, 9.17) is 4.74 Å². The molecule has 1 aliphatic rings. The number of nitrogens with zero attached hydrogens (tertiary/aromatic N) is 1. The summed E-state index contributed by atoms with van der Waals surface area (Å²) in [7, 11) is 0. The second kappa shape index (κ2) is 6.35. The summed E-state index contributed by atoms with van der Waals surface area (Å²) < 4.78 is 5.53. The van der Waals surface area contributed by atoms with E-state index in [1.54, 1.807) is 12.4 Å². The lowest BCUT2D eigenvalue weighted by atomic mass is 10.1. The highest BCUT2D eigenvalue weighted by Gasteiger charge is 2.23. The van der Waals surface area contributed by atoms with Crippen molar-refractivity contribution in [3.05, 3.63) is 30.1 Å². The Balaban J connectivity index is 1.71. The minimum atomic E-state index is -0.165. The molecule has 0 aliphatic carbocycles. The number of urea groups is 1. The molecule has 0 saturated carbocycles. The van der Waals surface area contributed by atoms with Crippen LogP contribution in [0.15, 0.2) is 24.5 Å². The van der Waals surface area contributed by atoms with Gasteiger partial charge >= 0.3 is 6.03 Å². The molecule has 1 fully saturated rings. The SMILES string of the molecule is C[C@@H](NC(=O)NCc1cccnc1)[C@@H]1CCCO1. The lowest BCUT2D eigenvalue weighted by molar-refractivity contribution is 0.0860. The van der Waals surface area contributed by atoms with Crippen LogP contribution in [0.1, 0.15) is 25.3 Å². The van der Waals surface area contributed by atoms with Crippen molar-refractivity contribution < 1.29 is 9.53 Å². The molecule has 2 rings (SSSR count). The predicted molar refractivity (Wildman–Crippen MR) is 68.0 cm³/mol. The molecule has 0 unspecified atom stereocenters. The maximum Gasteiger partial charge on any atom is 0.315 e. The maximum atomic E-state index is 11.7. The third-order valence-corrected chi connectivity index (χ3v) is 3.06. The van der Waals surface area contributed by atoms with E-state index >= 15 is 0 Å². The van der Waals surface area contributed by atoms with E-state index in [0.717, 1.165) is 25.0 Å². The summed E-state index contributed by atoms with van der Waals surface area (Å²) in [5.41, 5.74) is 0.984. The van der Waals surface area contributed by atoms with Crippen LogP contribution in [0.2, 0.25) is 0 Å². The number of aromatic nitrogens is 1. The molecule has 2 atom stereocenters. The van der Waals surface area contributed by atoms with Gasteiger partial charge in [0.15, 0.2) is 0 Å². The third kappa shape index (κ3) is 3.70. The Morgan fingerprint density at radius 2 is 2.56 bits per heavy atom. The van der Waals surface area contributed by atoms with Crippen molar-refractivity contribution in [1.82, 2.24) is 15.6 Å². The molecule has 5 nitrogen and oxygen atoms in total. The van der Waals surface area contributed by atoms with E-state index in [1.807, 2.05) is 19.1 Å². The second-order valence-electron chi connectivity index (χ2n) is 4.53. The quantitative estimate of drug-likeness (QED) is 0.849. The molecule has 0 radical (unpaired) electrons. The first-order chi connectivity index (χ1) is 8.75. The summed E-state index contributed by atoms with van der Waals surface area (Å²) in [4.78, 5) is 15.7. The molecule has 1 aromatic heterocycles. The Morgan fingerprint density at radius 3 is 3.22 bits per heavy atom. The zero-order valence-electron chi connectivity index (χ0n) is 10.6. The molecule has 18 heavy (non-hydrogen) atoms. The lowest BCUT2D eigenvalue weighted by Gasteiger charge is -2.20. The van der Waals surface area contributed by atoms with E-state index in [-0.39, 0.29) is 18.2 Å². The van der Waals surface area contributed by atoms with E-state index in [0.29, 0.717) is 6.54 Å². The molecule has 1 aliphatic heterocycles. The largest absolute Gasteiger partial charge is 0.376 e. The molecule has 0 bridgehead atoms. The Hall–Kier alpha value is -1.62. The zero-order chi connectivity index (χ0) is 12.8. The molecule has 2 N–H and O–H groups in total. The summed E-state index contributed by atoms with van der Waals surface area (Å²) in [6, 6.07) is 3.66. The van der Waals surface area contributed by atoms with Crippen LogP contribution in [0.25, 0.3) is 0 Å². The first-order valence-corrected chi connectivity index (χ1v) is 6.30. The normalized spacial score (nSPS) is 20.4. The zero-order valence-corrected chi connectivity index (χ0v) is 10.6. The molecule has 1 saturated heterocycles. The fourth-order valence-electron chi connectivity index (χ4n) is 2.03. The molecular formula is C13H19N3O2. The van der Waals surface area contributed by atoms with Gasteiger partial charge in [0.1, 0.15) is 0 Å². The number of rotatable bonds is 4. The number of pyridine rings is 1. The van der Waals surface area contributed by atoms with Crippen molar-refractivity contribution in [3.8, 4) is 0 Å². The molecule has 0 aromatic carbocycles. The van der Waals surface area contributed by atoms with Gasteiger partial charge in [0.25, 0.3) is 0 Å². The number of hydrogen-bond donors (Lipinski definition) is 2. The predicted octanol–water partition coefficient (Wildman–Crippen LogP) is 1.45. The van der Waals surface area contributed by atoms with Crippen LogP contribution in [0, 0.1) is 0 Å². The first-order valence-electron chi connectivity index (χ1n) is 6.30. The Kier molecular flexibility index (Phi) is 4.52. The van der Waals surface area contributed by atoms with Crippen LogP contribution >= 0.6 is 0 Å². The topological polar surface area (TPSA) is 63.2 Å². The number of amides is 2. The van der Waals surface area contributed by atoms with E-state index in [9.17, 15) is 4.79 Å². The van der Waals surface area contributed by atoms with Crippen LogP contribution < -0.4 is 10.6 Å². The van der Waals surface area contributed by atoms with Crippen LogP contribution in [0.5, 0.6) is 0 Å². The molecule has 0 spiro atoms. The summed E-state index contributed by atoms with van der Waals surface area (Å²) in [6.45, 7) is 3.26. The standard InChI is InChI=1S/C13H19N3O2/c1-10(12-5-3-7-18-12)16-13(17)15-9-11-4-2-6-14-8-11/h2,4,6,8,10,12H,3,5,7,9H2,1H3,(H2,15,16,17)/t10-,12+/m1/s1. The first kappa shape index (κ1) is 12.8. The molecule has 1 aromatic rings. The van der Waals surface area contributed by atoms with Gasteiger partial charge in [0.05, 0.1) is 12.1 Å². The highest BCUT2D eigenvalue weighted by molar-refractivity contribution is 5.74. The third-order valence-electron chi connectivity index (χ3n) is 3.06. The highest BCUT2D eigenvalue weighted by Crippen LogP contribution is 2.15. The molecule has 2 heterocycles. The minimum absolute atomic E-state index is 0.0430. The summed E-state index contributed by atoms with van der Waals surface area (Å²) in [6.07, 6.45) is 5.69. The van der Waals surface area contributed by atoms with Gasteiger partial charge in [-0.15, -0.1) is 0 Å². The van der Waals surface area contributed by atoms with Crippen molar-refractivity contribution in [2.45, 2.75) is 38.5 Å².